The average molecular weight is 710 g/mol. The number of benzene rings is 1. The molecule has 1 saturated heterocycles. The highest BCUT2D eigenvalue weighted by molar-refractivity contribution is 7.91. The fraction of sp³-hybridized carbons (Fsp3) is 0.514. The fourth-order valence-corrected chi connectivity index (χ4v) is 8.07. The maximum atomic E-state index is 14.1. The van der Waals surface area contributed by atoms with E-state index in [0.29, 0.717) is 37.9 Å². The molecular weight excluding hydrogens is 666 g/mol. The summed E-state index contributed by atoms with van der Waals surface area (Å²) in [6.07, 6.45) is 5.70. The van der Waals surface area contributed by atoms with Crippen molar-refractivity contribution in [2.45, 2.75) is 87.9 Å². The first-order chi connectivity index (χ1) is 23.8. The third-order valence-corrected chi connectivity index (χ3v) is 11.6. The number of carbonyl (C=O) groups excluding carboxylic acids is 5. The monoisotopic (exact) mass is 709 g/mol. The standard InChI is InChI=1S/C35H43N5O9S/c1-4-23-19-35(23,33(44)38-50(46,47)25-13-14-25)37-30(41)27-18-24-20-40(27)31(42)29(21(2)3)36-34(45)48-16-10-6-5-9-15-39-26-12-8-7-11-22(26)17-28(39)32(43)49-24/h4-5,7-9,11-12,17,21,23-25,27,29H,1,6,10,13-16,18-20H2,2-3H3,(H,36,45)(H,37,41)(H,38,44)/b9-5-/t23-,24-,27+,29+,35-/m1/s1. The highest BCUT2D eigenvalue weighted by Gasteiger charge is 2.62. The van der Waals surface area contributed by atoms with Gasteiger partial charge in [-0.15, -0.1) is 6.58 Å². The second-order valence-electron chi connectivity index (χ2n) is 13.8. The van der Waals surface area contributed by atoms with Crippen LogP contribution in [-0.4, -0.2) is 89.8 Å². The second-order valence-corrected chi connectivity index (χ2v) is 15.7. The van der Waals surface area contributed by atoms with Gasteiger partial charge in [0.2, 0.25) is 21.8 Å². The van der Waals surface area contributed by atoms with Crippen molar-refractivity contribution in [1.29, 1.82) is 0 Å². The highest BCUT2D eigenvalue weighted by atomic mass is 32.2. The Morgan fingerprint density at radius 1 is 1.14 bits per heavy atom. The van der Waals surface area contributed by atoms with Crippen LogP contribution in [0.5, 0.6) is 0 Å². The van der Waals surface area contributed by atoms with Crippen molar-refractivity contribution >= 4 is 50.7 Å². The molecule has 4 amide bonds. The topological polar surface area (TPSA) is 182 Å². The van der Waals surface area contributed by atoms with Crippen molar-refractivity contribution in [2.75, 3.05) is 13.2 Å². The number of aromatic nitrogens is 1. The van der Waals surface area contributed by atoms with Gasteiger partial charge in [-0.3, -0.25) is 19.1 Å². The molecular formula is C35H43N5O9S. The van der Waals surface area contributed by atoms with E-state index in [-0.39, 0.29) is 26.0 Å². The van der Waals surface area contributed by atoms with Gasteiger partial charge in [-0.2, -0.15) is 0 Å². The van der Waals surface area contributed by atoms with Crippen LogP contribution in [0, 0.1) is 11.8 Å². The molecule has 0 spiro atoms. The molecule has 268 valence electrons. The average Bonchev–Trinajstić information content (AvgIpc) is 3.98. The zero-order chi connectivity index (χ0) is 35.8. The molecule has 5 atom stereocenters. The van der Waals surface area contributed by atoms with E-state index in [4.69, 9.17) is 9.47 Å². The van der Waals surface area contributed by atoms with E-state index in [0.717, 1.165) is 10.9 Å². The van der Waals surface area contributed by atoms with Crippen LogP contribution in [-0.2, 0) is 40.4 Å². The molecule has 1 aromatic heterocycles. The molecule has 1 aromatic carbocycles. The number of hydrogen-bond acceptors (Lipinski definition) is 9. The van der Waals surface area contributed by atoms with Crippen molar-refractivity contribution in [1.82, 2.24) is 24.8 Å². The van der Waals surface area contributed by atoms with Crippen molar-refractivity contribution in [2.24, 2.45) is 11.8 Å². The van der Waals surface area contributed by atoms with E-state index in [1.54, 1.807) is 19.9 Å². The summed E-state index contributed by atoms with van der Waals surface area (Å²) in [6.45, 7) is 7.53. The van der Waals surface area contributed by atoms with Gasteiger partial charge >= 0.3 is 12.1 Å². The van der Waals surface area contributed by atoms with Gasteiger partial charge in [0, 0.05) is 29.8 Å². The van der Waals surface area contributed by atoms with Crippen molar-refractivity contribution in [3.05, 3.63) is 60.8 Å². The van der Waals surface area contributed by atoms with Gasteiger partial charge in [-0.1, -0.05) is 50.3 Å². The Balaban J connectivity index is 1.30. The molecule has 2 aliphatic heterocycles. The lowest BCUT2D eigenvalue weighted by Gasteiger charge is -2.31. The van der Waals surface area contributed by atoms with Gasteiger partial charge in [0.15, 0.2) is 0 Å². The summed E-state index contributed by atoms with van der Waals surface area (Å²) >= 11 is 0. The number of hydrogen-bond donors (Lipinski definition) is 3. The van der Waals surface area contributed by atoms with Gasteiger partial charge in [-0.25, -0.2) is 18.0 Å². The first-order valence-electron chi connectivity index (χ1n) is 17.0. The molecule has 2 saturated carbocycles. The Bertz CT molecular complexity index is 1850. The molecule has 2 bridgehead atoms. The molecule has 50 heavy (non-hydrogen) atoms. The lowest BCUT2D eigenvalue weighted by atomic mass is 10.0. The molecule has 3 N–H and O–H groups in total. The minimum Gasteiger partial charge on any atom is -0.456 e. The number of sulfonamides is 1. The number of nitrogens with zero attached hydrogens (tertiary/aromatic N) is 2. The number of ether oxygens (including phenoxy) is 2. The zero-order valence-electron chi connectivity index (χ0n) is 28.1. The number of carbonyl (C=O) groups is 5. The van der Waals surface area contributed by atoms with E-state index in [1.807, 2.05) is 41.0 Å². The van der Waals surface area contributed by atoms with Crippen molar-refractivity contribution in [3.63, 3.8) is 0 Å². The van der Waals surface area contributed by atoms with Gasteiger partial charge < -0.3 is 29.6 Å². The number of esters is 1. The first-order valence-corrected chi connectivity index (χ1v) is 18.6. The van der Waals surface area contributed by atoms with E-state index in [9.17, 15) is 32.4 Å². The Labute approximate surface area is 290 Å². The van der Waals surface area contributed by atoms with Crippen molar-refractivity contribution < 1.29 is 41.9 Å². The van der Waals surface area contributed by atoms with Crippen LogP contribution in [0.15, 0.2) is 55.1 Å². The third kappa shape index (κ3) is 7.14. The molecule has 3 heterocycles. The number of allylic oxidation sites excluding steroid dienone is 2. The largest absolute Gasteiger partial charge is 0.456 e. The number of amides is 4. The second kappa shape index (κ2) is 13.9. The SMILES string of the molecule is C=C[C@@H]1C[C@]1(NC(=O)[C@@H]1C[C@@H]2CN1C(=O)[C@H](C(C)C)NC(=O)OCCC/C=C\Cn1c(cc3ccccc31)C(=O)O2)C(=O)NS(=O)(=O)C1CC1. The van der Waals surface area contributed by atoms with Gasteiger partial charge in [0.1, 0.15) is 29.4 Å². The maximum Gasteiger partial charge on any atom is 0.407 e. The molecule has 0 unspecified atom stereocenters. The quantitative estimate of drug-likeness (QED) is 0.288. The number of para-hydroxylation sites is 1. The fourth-order valence-electron chi connectivity index (χ4n) is 6.71. The van der Waals surface area contributed by atoms with Crippen LogP contribution in [0.3, 0.4) is 0 Å². The number of rotatable bonds is 7. The normalized spacial score (nSPS) is 28.4. The van der Waals surface area contributed by atoms with Gasteiger partial charge in [0.25, 0.3) is 5.91 Å². The van der Waals surface area contributed by atoms with Crippen molar-refractivity contribution in [3.8, 4) is 0 Å². The van der Waals surface area contributed by atoms with Crippen LogP contribution in [0.1, 0.15) is 62.9 Å². The Kier molecular flexibility index (Phi) is 9.80. The predicted octanol–water partition coefficient (Wildman–Crippen LogP) is 2.54. The summed E-state index contributed by atoms with van der Waals surface area (Å²) in [6, 6.07) is 6.97. The molecule has 2 aliphatic carbocycles. The van der Waals surface area contributed by atoms with E-state index >= 15 is 0 Å². The summed E-state index contributed by atoms with van der Waals surface area (Å²) in [4.78, 5) is 69.4. The van der Waals surface area contributed by atoms with Crippen LogP contribution in [0.4, 0.5) is 4.79 Å². The smallest absolute Gasteiger partial charge is 0.407 e. The van der Waals surface area contributed by atoms with Crippen LogP contribution in [0.25, 0.3) is 10.9 Å². The minimum absolute atomic E-state index is 0.102. The molecule has 14 nitrogen and oxygen atoms in total. The molecule has 3 fully saturated rings. The molecule has 2 aromatic rings. The Morgan fingerprint density at radius 2 is 1.90 bits per heavy atom. The number of fused-ring (bicyclic) bond motifs is 5. The number of cyclic esters (lactones) is 1. The van der Waals surface area contributed by atoms with E-state index in [1.165, 1.54) is 11.0 Å². The molecule has 0 radical (unpaired) electrons. The summed E-state index contributed by atoms with van der Waals surface area (Å²) < 4.78 is 40.5. The highest BCUT2D eigenvalue weighted by Crippen LogP contribution is 2.45. The Morgan fingerprint density at radius 3 is 2.60 bits per heavy atom. The Hall–Kier alpha value is -4.66. The molecule has 6 rings (SSSR count). The number of alkyl carbamates (subject to hydrolysis) is 1. The zero-order valence-corrected chi connectivity index (χ0v) is 28.9. The summed E-state index contributed by atoms with van der Waals surface area (Å²) in [5.74, 6) is -3.78. The predicted molar refractivity (Wildman–Crippen MR) is 182 cm³/mol. The lowest BCUT2D eigenvalue weighted by molar-refractivity contribution is -0.141. The summed E-state index contributed by atoms with van der Waals surface area (Å²) in [5.41, 5.74) is -0.449. The first kappa shape index (κ1) is 35.2. The van der Waals surface area contributed by atoms with E-state index < -0.39 is 80.6 Å². The van der Waals surface area contributed by atoms with Crippen LogP contribution in [0.2, 0.25) is 0 Å². The molecule has 15 heteroatoms. The summed E-state index contributed by atoms with van der Waals surface area (Å²) in [5, 5.41) is 5.54. The molecule has 4 aliphatic rings. The third-order valence-electron chi connectivity index (χ3n) is 9.80. The summed E-state index contributed by atoms with van der Waals surface area (Å²) in [7, 11) is -3.91. The van der Waals surface area contributed by atoms with Gasteiger partial charge in [0.05, 0.1) is 18.4 Å². The lowest BCUT2D eigenvalue weighted by Crippen LogP contribution is -2.59. The minimum atomic E-state index is -3.91. The van der Waals surface area contributed by atoms with Crippen LogP contribution >= 0.6 is 0 Å². The van der Waals surface area contributed by atoms with E-state index in [2.05, 4.69) is 21.9 Å². The maximum absolute atomic E-state index is 14.1. The van der Waals surface area contributed by atoms with Gasteiger partial charge in [-0.05, 0) is 50.2 Å². The van der Waals surface area contributed by atoms with Crippen LogP contribution < -0.4 is 15.4 Å². The number of nitrogens with one attached hydrogen (secondary N) is 3.